The van der Waals surface area contributed by atoms with Gasteiger partial charge in [-0.2, -0.15) is 0 Å². The van der Waals surface area contributed by atoms with Crippen molar-refractivity contribution in [2.45, 2.75) is 6.04 Å². The van der Waals surface area contributed by atoms with Gasteiger partial charge < -0.3 is 10.6 Å². The van der Waals surface area contributed by atoms with E-state index in [0.717, 1.165) is 15.0 Å². The van der Waals surface area contributed by atoms with Crippen molar-refractivity contribution in [2.75, 3.05) is 18.5 Å². The number of nitrogens with two attached hydrogens (primary N) is 1. The number of anilines is 1. The molecule has 0 spiro atoms. The molecule has 0 amide bonds. The van der Waals surface area contributed by atoms with E-state index in [2.05, 4.69) is 15.9 Å². The Morgan fingerprint density at radius 2 is 2.22 bits per heavy atom. The lowest BCUT2D eigenvalue weighted by molar-refractivity contribution is 0.623. The Morgan fingerprint density at radius 3 is 2.78 bits per heavy atom. The summed E-state index contributed by atoms with van der Waals surface area (Å²) in [6, 6.07) is 8.59. The first-order chi connectivity index (χ1) is 8.63. The molecule has 0 aliphatic carbocycles. The molecule has 5 heteroatoms. The van der Waals surface area contributed by atoms with Crippen molar-refractivity contribution < 1.29 is 4.39 Å². The van der Waals surface area contributed by atoms with Crippen LogP contribution in [0.25, 0.3) is 0 Å². The summed E-state index contributed by atoms with van der Waals surface area (Å²) >= 11 is 5.16. The third-order valence-corrected chi connectivity index (χ3v) is 4.83. The second-order valence-corrected chi connectivity index (χ2v) is 5.78. The zero-order valence-corrected chi connectivity index (χ0v) is 12.3. The standard InChI is InChI=1S/C13H14BrFN2S/c1-17(10-4-2-3-9(15)7-10)12(8-16)13-11(14)5-6-18-13/h2-7,12H,8,16H2,1H3. The molecule has 0 bridgehead atoms. The number of benzene rings is 1. The van der Waals surface area contributed by atoms with Crippen molar-refractivity contribution in [3.05, 3.63) is 50.9 Å². The maximum Gasteiger partial charge on any atom is 0.125 e. The summed E-state index contributed by atoms with van der Waals surface area (Å²) < 4.78 is 14.3. The number of hydrogen-bond acceptors (Lipinski definition) is 3. The molecule has 1 unspecified atom stereocenters. The summed E-state index contributed by atoms with van der Waals surface area (Å²) in [4.78, 5) is 3.16. The summed E-state index contributed by atoms with van der Waals surface area (Å²) in [5.74, 6) is -0.236. The Bertz CT molecular complexity index is 529. The van der Waals surface area contributed by atoms with Crippen LogP contribution in [0.4, 0.5) is 10.1 Å². The molecule has 1 heterocycles. The van der Waals surface area contributed by atoms with Crippen molar-refractivity contribution in [1.82, 2.24) is 0 Å². The first kappa shape index (κ1) is 13.5. The van der Waals surface area contributed by atoms with E-state index in [9.17, 15) is 4.39 Å². The van der Waals surface area contributed by atoms with E-state index in [-0.39, 0.29) is 11.9 Å². The summed E-state index contributed by atoms with van der Waals surface area (Å²) in [6.07, 6.45) is 0. The molecule has 96 valence electrons. The van der Waals surface area contributed by atoms with Crippen LogP contribution in [0.15, 0.2) is 40.2 Å². The van der Waals surface area contributed by atoms with Crippen LogP contribution >= 0.6 is 27.3 Å². The van der Waals surface area contributed by atoms with E-state index in [1.807, 2.05) is 29.5 Å². The highest BCUT2D eigenvalue weighted by atomic mass is 79.9. The van der Waals surface area contributed by atoms with Gasteiger partial charge in [-0.3, -0.25) is 0 Å². The predicted molar refractivity (Wildman–Crippen MR) is 78.6 cm³/mol. The van der Waals surface area contributed by atoms with Gasteiger partial charge in [-0.15, -0.1) is 11.3 Å². The van der Waals surface area contributed by atoms with Crippen LogP contribution in [-0.2, 0) is 0 Å². The van der Waals surface area contributed by atoms with Crippen LogP contribution in [0.5, 0.6) is 0 Å². The summed E-state index contributed by atoms with van der Waals surface area (Å²) in [7, 11) is 1.93. The van der Waals surface area contributed by atoms with E-state index < -0.39 is 0 Å². The van der Waals surface area contributed by atoms with Gasteiger partial charge in [0, 0.05) is 28.6 Å². The van der Waals surface area contributed by atoms with Gasteiger partial charge >= 0.3 is 0 Å². The normalized spacial score (nSPS) is 12.4. The van der Waals surface area contributed by atoms with E-state index in [4.69, 9.17) is 5.73 Å². The van der Waals surface area contributed by atoms with Gasteiger partial charge in [-0.05, 0) is 45.6 Å². The molecule has 18 heavy (non-hydrogen) atoms. The van der Waals surface area contributed by atoms with Crippen LogP contribution in [0, 0.1) is 5.82 Å². The number of likely N-dealkylation sites (N-methyl/N-ethyl adjacent to an activating group) is 1. The minimum Gasteiger partial charge on any atom is -0.365 e. The quantitative estimate of drug-likeness (QED) is 0.925. The summed E-state index contributed by atoms with van der Waals surface area (Å²) in [5.41, 5.74) is 6.68. The van der Waals surface area contributed by atoms with E-state index in [1.165, 1.54) is 12.1 Å². The van der Waals surface area contributed by atoms with Crippen molar-refractivity contribution >= 4 is 33.0 Å². The van der Waals surface area contributed by atoms with E-state index in [0.29, 0.717) is 6.54 Å². The Hall–Kier alpha value is -0.910. The summed E-state index contributed by atoms with van der Waals surface area (Å²) in [6.45, 7) is 0.478. The molecule has 0 aliphatic rings. The highest BCUT2D eigenvalue weighted by Gasteiger charge is 2.19. The lowest BCUT2D eigenvalue weighted by Crippen LogP contribution is -2.30. The number of thiophene rings is 1. The largest absolute Gasteiger partial charge is 0.365 e. The Labute approximate surface area is 118 Å². The van der Waals surface area contributed by atoms with Crippen LogP contribution in [-0.4, -0.2) is 13.6 Å². The molecule has 1 aromatic carbocycles. The predicted octanol–water partition coefficient (Wildman–Crippen LogP) is 3.79. The molecular weight excluding hydrogens is 315 g/mol. The fourth-order valence-electron chi connectivity index (χ4n) is 1.86. The second-order valence-electron chi connectivity index (χ2n) is 3.98. The second kappa shape index (κ2) is 5.82. The molecule has 1 atom stereocenters. The zero-order valence-electron chi connectivity index (χ0n) is 9.94. The Balaban J connectivity index is 2.31. The molecule has 0 aliphatic heterocycles. The maximum atomic E-state index is 13.3. The lowest BCUT2D eigenvalue weighted by atomic mass is 10.2. The number of nitrogens with zero attached hydrogens (tertiary/aromatic N) is 1. The molecule has 2 N–H and O–H groups in total. The van der Waals surface area contributed by atoms with Gasteiger partial charge in [-0.25, -0.2) is 4.39 Å². The first-order valence-electron chi connectivity index (χ1n) is 5.55. The number of hydrogen-bond donors (Lipinski definition) is 1. The topological polar surface area (TPSA) is 29.3 Å². The van der Waals surface area contributed by atoms with Crippen molar-refractivity contribution in [1.29, 1.82) is 0 Å². The van der Waals surface area contributed by atoms with Gasteiger partial charge in [-0.1, -0.05) is 6.07 Å². The van der Waals surface area contributed by atoms with Gasteiger partial charge in [0.2, 0.25) is 0 Å². The van der Waals surface area contributed by atoms with Crippen LogP contribution in [0.1, 0.15) is 10.9 Å². The highest BCUT2D eigenvalue weighted by molar-refractivity contribution is 9.10. The fraction of sp³-hybridized carbons (Fsp3) is 0.231. The molecule has 0 saturated carbocycles. The number of rotatable bonds is 4. The Morgan fingerprint density at radius 1 is 1.44 bits per heavy atom. The van der Waals surface area contributed by atoms with Crippen LogP contribution < -0.4 is 10.6 Å². The monoisotopic (exact) mass is 328 g/mol. The first-order valence-corrected chi connectivity index (χ1v) is 7.22. The van der Waals surface area contributed by atoms with Gasteiger partial charge in [0.25, 0.3) is 0 Å². The number of halogens is 2. The molecule has 2 aromatic rings. The molecular formula is C13H14BrFN2S. The molecule has 0 radical (unpaired) electrons. The van der Waals surface area contributed by atoms with Gasteiger partial charge in [0.05, 0.1) is 6.04 Å². The van der Waals surface area contributed by atoms with Gasteiger partial charge in [0.1, 0.15) is 5.82 Å². The smallest absolute Gasteiger partial charge is 0.125 e. The lowest BCUT2D eigenvalue weighted by Gasteiger charge is -2.28. The average Bonchev–Trinajstić information content (AvgIpc) is 2.77. The maximum absolute atomic E-state index is 13.3. The minimum atomic E-state index is -0.236. The van der Waals surface area contributed by atoms with Crippen molar-refractivity contribution in [3.63, 3.8) is 0 Å². The molecule has 0 fully saturated rings. The molecule has 1 aromatic heterocycles. The molecule has 2 nitrogen and oxygen atoms in total. The highest BCUT2D eigenvalue weighted by Crippen LogP contribution is 2.33. The SMILES string of the molecule is CN(c1cccc(F)c1)C(CN)c1sccc1Br. The van der Waals surface area contributed by atoms with E-state index in [1.54, 1.807) is 17.4 Å². The zero-order chi connectivity index (χ0) is 13.1. The van der Waals surface area contributed by atoms with E-state index >= 15 is 0 Å². The third-order valence-electron chi connectivity index (χ3n) is 2.85. The molecule has 0 saturated heterocycles. The summed E-state index contributed by atoms with van der Waals surface area (Å²) in [5, 5.41) is 2.02. The Kier molecular flexibility index (Phi) is 4.37. The van der Waals surface area contributed by atoms with Crippen molar-refractivity contribution in [3.8, 4) is 0 Å². The third kappa shape index (κ3) is 2.74. The minimum absolute atomic E-state index is 0.0428. The fourth-order valence-corrected chi connectivity index (χ4v) is 3.65. The van der Waals surface area contributed by atoms with Crippen LogP contribution in [0.2, 0.25) is 0 Å². The average molecular weight is 329 g/mol. The van der Waals surface area contributed by atoms with Gasteiger partial charge in [0.15, 0.2) is 0 Å². The molecule has 2 rings (SSSR count). The van der Waals surface area contributed by atoms with Crippen molar-refractivity contribution in [2.24, 2.45) is 5.73 Å². The van der Waals surface area contributed by atoms with Crippen LogP contribution in [0.3, 0.4) is 0 Å².